The predicted molar refractivity (Wildman–Crippen MR) is 122 cm³/mol. The van der Waals surface area contributed by atoms with Crippen molar-refractivity contribution in [1.29, 1.82) is 0 Å². The number of para-hydroxylation sites is 1. The number of fused-ring (bicyclic) bond motifs is 1. The van der Waals surface area contributed by atoms with E-state index in [1.165, 1.54) is 16.7 Å². The van der Waals surface area contributed by atoms with Gasteiger partial charge in [0, 0.05) is 12.1 Å². The highest BCUT2D eigenvalue weighted by atomic mass is 19.1. The number of carbonyl (C=O) groups excluding carboxylic acids is 1. The van der Waals surface area contributed by atoms with Gasteiger partial charge >= 0.3 is 0 Å². The zero-order valence-electron chi connectivity index (χ0n) is 17.0. The molecular formula is C25H20FN3O3. The lowest BCUT2D eigenvalue weighted by Gasteiger charge is -2.13. The maximum atomic E-state index is 13.4. The first kappa shape index (κ1) is 21.1. The average Bonchev–Trinajstić information content (AvgIpc) is 2.82. The molecule has 7 heteroatoms. The minimum atomic E-state index is -0.355. The molecule has 160 valence electrons. The minimum Gasteiger partial charge on any atom is -0.395 e. The van der Waals surface area contributed by atoms with Crippen molar-refractivity contribution in [3.8, 4) is 5.69 Å². The summed E-state index contributed by atoms with van der Waals surface area (Å²) in [6, 6.07) is 19.6. The molecule has 3 aromatic carbocycles. The summed E-state index contributed by atoms with van der Waals surface area (Å²) in [6.07, 6.45) is 3.42. The molecule has 0 aliphatic heterocycles. The first-order chi connectivity index (χ1) is 15.6. The summed E-state index contributed by atoms with van der Waals surface area (Å²) in [5, 5.41) is 12.0. The van der Waals surface area contributed by atoms with Gasteiger partial charge in [0.05, 0.1) is 23.2 Å². The number of nitrogens with zero attached hydrogens (tertiary/aromatic N) is 2. The number of halogens is 1. The van der Waals surface area contributed by atoms with Crippen molar-refractivity contribution in [3.05, 3.63) is 106 Å². The van der Waals surface area contributed by atoms with Crippen molar-refractivity contribution < 1.29 is 14.3 Å². The minimum absolute atomic E-state index is 0.131. The van der Waals surface area contributed by atoms with E-state index in [4.69, 9.17) is 5.11 Å². The summed E-state index contributed by atoms with van der Waals surface area (Å²) in [5.41, 5.74) is 1.84. The molecule has 1 aromatic heterocycles. The van der Waals surface area contributed by atoms with Crippen LogP contribution in [-0.2, 0) is 0 Å². The fraction of sp³-hybridized carbons (Fsp3) is 0.0800. The molecule has 0 aliphatic carbocycles. The quantitative estimate of drug-likeness (QED) is 0.492. The molecule has 32 heavy (non-hydrogen) atoms. The Balaban J connectivity index is 1.85. The van der Waals surface area contributed by atoms with Crippen LogP contribution in [0.2, 0.25) is 0 Å². The van der Waals surface area contributed by atoms with Crippen LogP contribution < -0.4 is 10.9 Å². The molecule has 4 rings (SSSR count). The molecule has 0 aliphatic rings. The summed E-state index contributed by atoms with van der Waals surface area (Å²) >= 11 is 0. The van der Waals surface area contributed by atoms with Crippen LogP contribution in [0.4, 0.5) is 4.39 Å². The Morgan fingerprint density at radius 3 is 2.59 bits per heavy atom. The third-order valence-electron chi connectivity index (χ3n) is 4.86. The van der Waals surface area contributed by atoms with Gasteiger partial charge in [-0.2, -0.15) is 0 Å². The monoisotopic (exact) mass is 429 g/mol. The highest BCUT2D eigenvalue weighted by Crippen LogP contribution is 2.17. The highest BCUT2D eigenvalue weighted by Gasteiger charge is 2.13. The highest BCUT2D eigenvalue weighted by molar-refractivity contribution is 5.94. The van der Waals surface area contributed by atoms with Crippen LogP contribution in [0.15, 0.2) is 77.6 Å². The maximum absolute atomic E-state index is 13.4. The van der Waals surface area contributed by atoms with Crippen LogP contribution in [0.5, 0.6) is 0 Å². The van der Waals surface area contributed by atoms with Crippen molar-refractivity contribution >= 4 is 29.0 Å². The van der Waals surface area contributed by atoms with Crippen molar-refractivity contribution in [2.45, 2.75) is 0 Å². The second kappa shape index (κ2) is 9.36. The Hall–Kier alpha value is -4.10. The summed E-state index contributed by atoms with van der Waals surface area (Å²) in [7, 11) is 0. The Bertz CT molecular complexity index is 1360. The van der Waals surface area contributed by atoms with Gasteiger partial charge in [-0.3, -0.25) is 14.2 Å². The van der Waals surface area contributed by atoms with E-state index in [1.54, 1.807) is 72.8 Å². The van der Waals surface area contributed by atoms with E-state index in [0.717, 1.165) is 5.56 Å². The third-order valence-corrected chi connectivity index (χ3v) is 4.86. The zero-order chi connectivity index (χ0) is 22.5. The molecule has 1 heterocycles. The van der Waals surface area contributed by atoms with E-state index in [1.807, 2.05) is 0 Å². The van der Waals surface area contributed by atoms with Gasteiger partial charge in [0.15, 0.2) is 0 Å². The van der Waals surface area contributed by atoms with Gasteiger partial charge in [-0.05, 0) is 54.1 Å². The molecule has 0 spiro atoms. The predicted octanol–water partition coefficient (Wildman–Crippen LogP) is 3.42. The lowest BCUT2D eigenvalue weighted by atomic mass is 10.1. The summed E-state index contributed by atoms with van der Waals surface area (Å²) < 4.78 is 14.7. The van der Waals surface area contributed by atoms with E-state index in [-0.39, 0.29) is 30.4 Å². The van der Waals surface area contributed by atoms with Gasteiger partial charge in [0.25, 0.3) is 11.5 Å². The lowest BCUT2D eigenvalue weighted by Crippen LogP contribution is -2.27. The topological polar surface area (TPSA) is 84.2 Å². The third kappa shape index (κ3) is 4.48. The van der Waals surface area contributed by atoms with Crippen LogP contribution in [-0.4, -0.2) is 33.7 Å². The molecule has 0 radical (unpaired) electrons. The Morgan fingerprint density at radius 2 is 1.81 bits per heavy atom. The summed E-state index contributed by atoms with van der Waals surface area (Å²) in [4.78, 5) is 30.3. The number of aromatic nitrogens is 2. The van der Waals surface area contributed by atoms with Gasteiger partial charge in [-0.15, -0.1) is 0 Å². The number of carbonyl (C=O) groups is 1. The molecule has 1 amide bonds. The average molecular weight is 429 g/mol. The number of amides is 1. The fourth-order valence-electron chi connectivity index (χ4n) is 3.31. The molecule has 0 unspecified atom stereocenters. The van der Waals surface area contributed by atoms with Crippen LogP contribution in [0.25, 0.3) is 28.7 Å². The number of aliphatic hydroxyl groups excluding tert-OH is 1. The summed E-state index contributed by atoms with van der Waals surface area (Å²) in [5.74, 6) is -0.323. The van der Waals surface area contributed by atoms with Crippen LogP contribution in [0.3, 0.4) is 0 Å². The maximum Gasteiger partial charge on any atom is 0.266 e. The van der Waals surface area contributed by atoms with Crippen LogP contribution in [0, 0.1) is 5.82 Å². The first-order valence-electron chi connectivity index (χ1n) is 10.0. The van der Waals surface area contributed by atoms with E-state index in [9.17, 15) is 14.0 Å². The van der Waals surface area contributed by atoms with Gasteiger partial charge in [0.2, 0.25) is 0 Å². The van der Waals surface area contributed by atoms with Crippen LogP contribution in [0.1, 0.15) is 21.7 Å². The molecule has 0 bridgehead atoms. The number of rotatable bonds is 6. The number of hydrogen-bond acceptors (Lipinski definition) is 4. The number of benzene rings is 3. The second-order valence-corrected chi connectivity index (χ2v) is 7.04. The van der Waals surface area contributed by atoms with Gasteiger partial charge < -0.3 is 10.4 Å². The molecule has 6 nitrogen and oxygen atoms in total. The van der Waals surface area contributed by atoms with Gasteiger partial charge in [0.1, 0.15) is 11.6 Å². The Kier molecular flexibility index (Phi) is 6.19. The first-order valence-corrected chi connectivity index (χ1v) is 10.0. The number of nitrogens with one attached hydrogen (secondary N) is 1. The SMILES string of the molecule is O=C(NCCO)c1cccc(-n2c(C=Cc3ccc(F)cc3)nc3ccccc3c2=O)c1. The molecule has 0 fully saturated rings. The molecule has 0 saturated carbocycles. The van der Waals surface area contributed by atoms with Crippen molar-refractivity contribution in [1.82, 2.24) is 14.9 Å². The summed E-state index contributed by atoms with van der Waals surface area (Å²) in [6.45, 7) is -0.0377. The molecular weight excluding hydrogens is 409 g/mol. The van der Waals surface area contributed by atoms with Crippen LogP contribution >= 0.6 is 0 Å². The molecule has 0 saturated heterocycles. The second-order valence-electron chi connectivity index (χ2n) is 7.04. The van der Waals surface area contributed by atoms with Crippen molar-refractivity contribution in [3.63, 3.8) is 0 Å². The van der Waals surface area contributed by atoms with E-state index < -0.39 is 0 Å². The number of aliphatic hydroxyl groups is 1. The van der Waals surface area contributed by atoms with E-state index >= 15 is 0 Å². The number of hydrogen-bond donors (Lipinski definition) is 2. The van der Waals surface area contributed by atoms with Crippen molar-refractivity contribution in [2.24, 2.45) is 0 Å². The van der Waals surface area contributed by atoms with Gasteiger partial charge in [-0.25, -0.2) is 9.37 Å². The Morgan fingerprint density at radius 1 is 1.03 bits per heavy atom. The normalized spacial score (nSPS) is 11.2. The molecule has 2 N–H and O–H groups in total. The smallest absolute Gasteiger partial charge is 0.266 e. The zero-order valence-corrected chi connectivity index (χ0v) is 17.0. The van der Waals surface area contributed by atoms with Crippen molar-refractivity contribution in [2.75, 3.05) is 13.2 Å². The largest absolute Gasteiger partial charge is 0.395 e. The van der Waals surface area contributed by atoms with E-state index in [0.29, 0.717) is 28.0 Å². The fourth-order valence-corrected chi connectivity index (χ4v) is 3.31. The molecule has 4 aromatic rings. The standard InChI is InChI=1S/C25H20FN3O3/c26-19-11-8-17(9-12-19)10-13-23-28-22-7-2-1-6-21(22)25(32)29(23)20-5-3-4-18(16-20)24(31)27-14-15-30/h1-13,16,30H,14-15H2,(H,27,31). The Labute approximate surface area is 183 Å². The van der Waals surface area contributed by atoms with Gasteiger partial charge in [-0.1, -0.05) is 36.4 Å². The molecule has 0 atom stereocenters. The lowest BCUT2D eigenvalue weighted by molar-refractivity contribution is 0.0944. The van der Waals surface area contributed by atoms with E-state index in [2.05, 4.69) is 10.3 Å².